The fourth-order valence-electron chi connectivity index (χ4n) is 2.23. The third kappa shape index (κ3) is 2.62. The van der Waals surface area contributed by atoms with Crippen molar-refractivity contribution in [2.75, 3.05) is 17.2 Å². The highest BCUT2D eigenvalue weighted by atomic mass is 32.2. The smallest absolute Gasteiger partial charge is 0.124 e. The van der Waals surface area contributed by atoms with Crippen LogP contribution >= 0.6 is 24.0 Å². The quantitative estimate of drug-likeness (QED) is 0.846. The molecule has 1 saturated heterocycles. The highest BCUT2D eigenvalue weighted by Gasteiger charge is 2.27. The molecule has 0 radical (unpaired) electrons. The molecular formula is C13H17FN2S2. The van der Waals surface area contributed by atoms with E-state index in [1.807, 2.05) is 11.8 Å². The molecule has 1 aromatic carbocycles. The Hall–Kier alpha value is -0.810. The Morgan fingerprint density at radius 1 is 1.50 bits per heavy atom. The molecule has 98 valence electrons. The standard InChI is InChI=1S/C13H17FN2S2/c1-8-9(2)18-6-5-16(8)12-4-3-10(14)7-11(12)13(15)17/h3-4,7-9H,5-6H2,1-2H3,(H2,15,17). The van der Waals surface area contributed by atoms with Crippen LogP contribution in [0.2, 0.25) is 0 Å². The van der Waals surface area contributed by atoms with Crippen LogP contribution in [0.15, 0.2) is 18.2 Å². The zero-order chi connectivity index (χ0) is 13.3. The van der Waals surface area contributed by atoms with Crippen molar-refractivity contribution in [2.24, 2.45) is 5.73 Å². The molecule has 5 heteroatoms. The fraction of sp³-hybridized carbons (Fsp3) is 0.462. The van der Waals surface area contributed by atoms with Crippen LogP contribution in [0.4, 0.5) is 10.1 Å². The predicted octanol–water partition coefficient (Wildman–Crippen LogP) is 2.79. The lowest BCUT2D eigenvalue weighted by molar-refractivity contribution is 0.616. The lowest BCUT2D eigenvalue weighted by atomic mass is 10.1. The minimum absolute atomic E-state index is 0.252. The molecule has 0 aliphatic carbocycles. The van der Waals surface area contributed by atoms with Crippen LogP contribution in [-0.2, 0) is 0 Å². The molecule has 1 aliphatic rings. The maximum absolute atomic E-state index is 13.3. The molecule has 2 nitrogen and oxygen atoms in total. The SMILES string of the molecule is CC1SCCN(c2ccc(F)cc2C(N)=S)C1C. The average Bonchev–Trinajstić information content (AvgIpc) is 2.33. The second-order valence-electron chi connectivity index (χ2n) is 4.54. The first-order valence-electron chi connectivity index (χ1n) is 5.98. The lowest BCUT2D eigenvalue weighted by Gasteiger charge is -2.40. The second-order valence-corrected chi connectivity index (χ2v) is 6.46. The van der Waals surface area contributed by atoms with Gasteiger partial charge in [-0.05, 0) is 25.1 Å². The van der Waals surface area contributed by atoms with Gasteiger partial charge in [0.1, 0.15) is 10.8 Å². The molecule has 2 unspecified atom stereocenters. The maximum Gasteiger partial charge on any atom is 0.124 e. The monoisotopic (exact) mass is 284 g/mol. The Morgan fingerprint density at radius 2 is 2.22 bits per heavy atom. The molecule has 2 atom stereocenters. The van der Waals surface area contributed by atoms with E-state index in [4.69, 9.17) is 18.0 Å². The molecule has 0 amide bonds. The van der Waals surface area contributed by atoms with Gasteiger partial charge in [0.15, 0.2) is 0 Å². The van der Waals surface area contributed by atoms with Gasteiger partial charge >= 0.3 is 0 Å². The number of thiocarbonyl (C=S) groups is 1. The van der Waals surface area contributed by atoms with Crippen LogP contribution < -0.4 is 10.6 Å². The summed E-state index contributed by atoms with van der Waals surface area (Å²) in [6, 6.07) is 5.07. The van der Waals surface area contributed by atoms with Crippen molar-refractivity contribution >= 4 is 34.7 Å². The second kappa shape index (κ2) is 5.45. The van der Waals surface area contributed by atoms with E-state index in [0.29, 0.717) is 16.9 Å². The normalized spacial score (nSPS) is 24.1. The van der Waals surface area contributed by atoms with Crippen molar-refractivity contribution in [2.45, 2.75) is 25.1 Å². The Bertz CT molecular complexity index is 464. The summed E-state index contributed by atoms with van der Waals surface area (Å²) < 4.78 is 13.3. The van der Waals surface area contributed by atoms with Gasteiger partial charge in [0.25, 0.3) is 0 Å². The number of thioether (sulfide) groups is 1. The van der Waals surface area contributed by atoms with E-state index in [0.717, 1.165) is 18.0 Å². The zero-order valence-electron chi connectivity index (χ0n) is 10.5. The highest BCUT2D eigenvalue weighted by molar-refractivity contribution is 8.00. The van der Waals surface area contributed by atoms with Gasteiger partial charge in [-0.25, -0.2) is 4.39 Å². The predicted molar refractivity (Wildman–Crippen MR) is 81.0 cm³/mol. The molecule has 2 rings (SSSR count). The van der Waals surface area contributed by atoms with Crippen molar-refractivity contribution in [1.29, 1.82) is 0 Å². The number of hydrogen-bond donors (Lipinski definition) is 1. The summed E-state index contributed by atoms with van der Waals surface area (Å²) in [5, 5.41) is 0.544. The lowest BCUT2D eigenvalue weighted by Crippen LogP contribution is -2.45. The van der Waals surface area contributed by atoms with Crippen molar-refractivity contribution in [3.63, 3.8) is 0 Å². The summed E-state index contributed by atoms with van der Waals surface area (Å²) in [7, 11) is 0. The summed E-state index contributed by atoms with van der Waals surface area (Å²) in [6.45, 7) is 5.34. The summed E-state index contributed by atoms with van der Waals surface area (Å²) in [4.78, 5) is 2.53. The van der Waals surface area contributed by atoms with Gasteiger partial charge in [-0.2, -0.15) is 11.8 Å². The number of halogens is 1. The summed E-state index contributed by atoms with van der Waals surface area (Å²) >= 11 is 6.99. The van der Waals surface area contributed by atoms with Crippen molar-refractivity contribution in [3.8, 4) is 0 Å². The minimum Gasteiger partial charge on any atom is -0.389 e. The topological polar surface area (TPSA) is 29.3 Å². The van der Waals surface area contributed by atoms with Gasteiger partial charge in [0, 0.05) is 34.8 Å². The highest BCUT2D eigenvalue weighted by Crippen LogP contribution is 2.31. The van der Waals surface area contributed by atoms with Gasteiger partial charge in [0.05, 0.1) is 0 Å². The Morgan fingerprint density at radius 3 is 2.89 bits per heavy atom. The van der Waals surface area contributed by atoms with Crippen LogP contribution in [0, 0.1) is 5.82 Å². The third-order valence-corrected chi connectivity index (χ3v) is 4.98. The molecular weight excluding hydrogens is 267 g/mol. The third-order valence-electron chi connectivity index (χ3n) is 3.42. The molecule has 18 heavy (non-hydrogen) atoms. The van der Waals surface area contributed by atoms with Crippen LogP contribution in [0.25, 0.3) is 0 Å². The van der Waals surface area contributed by atoms with E-state index >= 15 is 0 Å². The number of nitrogens with zero attached hydrogens (tertiary/aromatic N) is 1. The molecule has 0 bridgehead atoms. The average molecular weight is 284 g/mol. The van der Waals surface area contributed by atoms with E-state index in [9.17, 15) is 4.39 Å². The van der Waals surface area contributed by atoms with Crippen LogP contribution in [0.5, 0.6) is 0 Å². The van der Waals surface area contributed by atoms with Gasteiger partial charge in [-0.15, -0.1) is 0 Å². The van der Waals surface area contributed by atoms with E-state index in [-0.39, 0.29) is 10.8 Å². The largest absolute Gasteiger partial charge is 0.389 e. The van der Waals surface area contributed by atoms with Crippen LogP contribution in [0.3, 0.4) is 0 Å². The first-order chi connectivity index (χ1) is 8.50. The fourth-order valence-corrected chi connectivity index (χ4v) is 3.49. The first-order valence-corrected chi connectivity index (χ1v) is 7.44. The van der Waals surface area contributed by atoms with Gasteiger partial charge < -0.3 is 10.6 Å². The minimum atomic E-state index is -0.298. The van der Waals surface area contributed by atoms with Crippen LogP contribution in [-0.4, -0.2) is 28.6 Å². The van der Waals surface area contributed by atoms with Crippen LogP contribution in [0.1, 0.15) is 19.4 Å². The Balaban J connectivity index is 2.40. The number of nitrogens with two attached hydrogens (primary N) is 1. The summed E-state index contributed by atoms with van der Waals surface area (Å²) in [6.07, 6.45) is 0. The number of benzene rings is 1. The molecule has 0 saturated carbocycles. The Labute approximate surface area is 117 Å². The number of hydrogen-bond acceptors (Lipinski definition) is 3. The molecule has 0 aromatic heterocycles. The number of rotatable bonds is 2. The van der Waals surface area contributed by atoms with Crippen molar-refractivity contribution in [3.05, 3.63) is 29.6 Å². The van der Waals surface area contributed by atoms with Crippen molar-refractivity contribution < 1.29 is 4.39 Å². The maximum atomic E-state index is 13.3. The molecule has 1 fully saturated rings. The van der Waals surface area contributed by atoms with E-state index in [1.54, 1.807) is 6.07 Å². The molecule has 1 aliphatic heterocycles. The first kappa shape index (κ1) is 13.6. The van der Waals surface area contributed by atoms with Crippen molar-refractivity contribution in [1.82, 2.24) is 0 Å². The molecule has 2 N–H and O–H groups in total. The van der Waals surface area contributed by atoms with E-state index < -0.39 is 0 Å². The van der Waals surface area contributed by atoms with Gasteiger partial charge in [-0.3, -0.25) is 0 Å². The molecule has 1 aromatic rings. The molecule has 1 heterocycles. The van der Waals surface area contributed by atoms with Gasteiger partial charge in [0.2, 0.25) is 0 Å². The number of anilines is 1. The van der Waals surface area contributed by atoms with E-state index in [2.05, 4.69) is 18.7 Å². The Kier molecular flexibility index (Phi) is 4.12. The molecule has 0 spiro atoms. The van der Waals surface area contributed by atoms with Gasteiger partial charge in [-0.1, -0.05) is 19.1 Å². The van der Waals surface area contributed by atoms with E-state index in [1.165, 1.54) is 12.1 Å². The summed E-state index contributed by atoms with van der Waals surface area (Å²) in [5.41, 5.74) is 7.29. The zero-order valence-corrected chi connectivity index (χ0v) is 12.2. The summed E-state index contributed by atoms with van der Waals surface area (Å²) in [5.74, 6) is 0.772.